The molecule has 2 aliphatic rings. The first-order valence-electron chi connectivity index (χ1n) is 14.6. The van der Waals surface area contributed by atoms with Crippen molar-refractivity contribution in [1.29, 1.82) is 5.26 Å². The summed E-state index contributed by atoms with van der Waals surface area (Å²) in [6.45, 7) is 10.3. The van der Waals surface area contributed by atoms with Crippen molar-refractivity contribution in [1.82, 2.24) is 4.90 Å². The van der Waals surface area contributed by atoms with Gasteiger partial charge in [-0.2, -0.15) is 5.26 Å². The van der Waals surface area contributed by atoms with Crippen molar-refractivity contribution in [3.8, 4) is 6.07 Å². The number of sulfonamides is 1. The molecule has 0 bridgehead atoms. The number of amides is 1. The van der Waals surface area contributed by atoms with Crippen molar-refractivity contribution >= 4 is 27.3 Å². The molecule has 0 aliphatic carbocycles. The van der Waals surface area contributed by atoms with E-state index in [1.807, 2.05) is 41.0 Å². The summed E-state index contributed by atoms with van der Waals surface area (Å²) in [6.07, 6.45) is 1.94. The lowest BCUT2D eigenvalue weighted by Gasteiger charge is -2.39. The van der Waals surface area contributed by atoms with Gasteiger partial charge < -0.3 is 14.7 Å². The molecule has 2 fully saturated rings. The van der Waals surface area contributed by atoms with Crippen LogP contribution in [0, 0.1) is 37.0 Å². The Balaban J connectivity index is 1.26. The second-order valence-electron chi connectivity index (χ2n) is 11.7. The van der Waals surface area contributed by atoms with Crippen molar-refractivity contribution < 1.29 is 13.2 Å². The second-order valence-corrected chi connectivity index (χ2v) is 13.2. The van der Waals surface area contributed by atoms with Gasteiger partial charge in [0.05, 0.1) is 16.9 Å². The first-order chi connectivity index (χ1) is 20.1. The predicted octanol–water partition coefficient (Wildman–Crippen LogP) is 4.49. The Morgan fingerprint density at radius 2 is 1.60 bits per heavy atom. The van der Waals surface area contributed by atoms with Crippen LogP contribution in [-0.4, -0.2) is 58.5 Å². The second kappa shape index (κ2) is 12.2. The zero-order chi connectivity index (χ0) is 30.0. The minimum atomic E-state index is -3.84. The van der Waals surface area contributed by atoms with Gasteiger partial charge in [-0.15, -0.1) is 0 Å². The Morgan fingerprint density at radius 1 is 0.929 bits per heavy atom. The number of piperidine rings is 1. The molecule has 1 amide bonds. The molecule has 8 nitrogen and oxygen atoms in total. The van der Waals surface area contributed by atoms with Crippen LogP contribution >= 0.6 is 0 Å². The van der Waals surface area contributed by atoms with E-state index in [9.17, 15) is 18.5 Å². The van der Waals surface area contributed by atoms with Crippen LogP contribution in [0.2, 0.25) is 0 Å². The van der Waals surface area contributed by atoms with Gasteiger partial charge in [-0.3, -0.25) is 4.79 Å². The standard InChI is InChI=1S/C33H39N5O3S/c1-23-18-24(2)29(33(39)37-16-14-36(15-17-37)31-10-6-7-11-32(31)42(35,40)41)20-28(23)19-26-12-13-38(22-25(26)3)30-9-5-4-8-27(30)21-34/h4-11,18,20,25-26H,12-17,19,22H2,1-3H3,(H2,35,40,41)/t25-,26-/m0/s1. The number of benzene rings is 3. The summed E-state index contributed by atoms with van der Waals surface area (Å²) in [4.78, 5) is 20.0. The first kappa shape index (κ1) is 29.6. The Hall–Kier alpha value is -3.87. The molecular formula is C33H39N5O3S. The molecule has 0 saturated carbocycles. The summed E-state index contributed by atoms with van der Waals surface area (Å²) in [7, 11) is -3.84. The fourth-order valence-electron chi connectivity index (χ4n) is 6.47. The van der Waals surface area contributed by atoms with Gasteiger partial charge >= 0.3 is 0 Å². The monoisotopic (exact) mass is 585 g/mol. The number of rotatable bonds is 6. The lowest BCUT2D eigenvalue weighted by molar-refractivity contribution is 0.0745. The van der Waals surface area contributed by atoms with Crippen LogP contribution in [0.3, 0.4) is 0 Å². The van der Waals surface area contributed by atoms with E-state index in [4.69, 9.17) is 5.14 Å². The summed E-state index contributed by atoms with van der Waals surface area (Å²) in [5.74, 6) is 0.949. The minimum Gasteiger partial charge on any atom is -0.370 e. The third kappa shape index (κ3) is 6.15. The molecule has 2 N–H and O–H groups in total. The van der Waals surface area contributed by atoms with Crippen LogP contribution in [0.25, 0.3) is 0 Å². The van der Waals surface area contributed by atoms with Crippen LogP contribution in [0.1, 0.15) is 46.0 Å². The molecule has 2 aliphatic heterocycles. The largest absolute Gasteiger partial charge is 0.370 e. The topological polar surface area (TPSA) is 111 Å². The summed E-state index contributed by atoms with van der Waals surface area (Å²) in [6, 6.07) is 21.1. The Labute approximate surface area is 249 Å². The van der Waals surface area contributed by atoms with Crippen LogP contribution in [0.4, 0.5) is 11.4 Å². The molecule has 0 radical (unpaired) electrons. The number of hydrogen-bond acceptors (Lipinski definition) is 6. The van der Waals surface area contributed by atoms with Gasteiger partial charge in [-0.1, -0.05) is 37.3 Å². The fourth-order valence-corrected chi connectivity index (χ4v) is 7.23. The number of piperazine rings is 1. The summed E-state index contributed by atoms with van der Waals surface area (Å²) in [5, 5.41) is 15.0. The van der Waals surface area contributed by atoms with Crippen molar-refractivity contribution in [2.45, 2.75) is 38.5 Å². The number of carbonyl (C=O) groups excluding carboxylic acids is 1. The first-order valence-corrected chi connectivity index (χ1v) is 16.1. The van der Waals surface area contributed by atoms with Gasteiger partial charge in [0.15, 0.2) is 0 Å². The number of nitrogens with zero attached hydrogens (tertiary/aromatic N) is 4. The van der Waals surface area contributed by atoms with Crippen molar-refractivity contribution in [2.24, 2.45) is 17.0 Å². The zero-order valence-electron chi connectivity index (χ0n) is 24.6. The molecular weight excluding hydrogens is 546 g/mol. The van der Waals surface area contributed by atoms with Gasteiger partial charge in [-0.25, -0.2) is 13.6 Å². The number of primary sulfonamides is 1. The highest BCUT2D eigenvalue weighted by molar-refractivity contribution is 7.89. The number of nitrogens with two attached hydrogens (primary N) is 1. The smallest absolute Gasteiger partial charge is 0.254 e. The summed E-state index contributed by atoms with van der Waals surface area (Å²) in [5.41, 5.74) is 6.44. The molecule has 2 heterocycles. The van der Waals surface area contributed by atoms with Crippen molar-refractivity contribution in [3.63, 3.8) is 0 Å². The number of para-hydroxylation sites is 2. The van der Waals surface area contributed by atoms with Crippen LogP contribution in [0.5, 0.6) is 0 Å². The number of hydrogen-bond donors (Lipinski definition) is 1. The maximum absolute atomic E-state index is 13.7. The van der Waals surface area contributed by atoms with Crippen LogP contribution < -0.4 is 14.9 Å². The lowest BCUT2D eigenvalue weighted by Crippen LogP contribution is -2.49. The van der Waals surface area contributed by atoms with E-state index in [1.54, 1.807) is 18.2 Å². The summed E-state index contributed by atoms with van der Waals surface area (Å²) >= 11 is 0. The Kier molecular flexibility index (Phi) is 8.58. The van der Waals surface area contributed by atoms with Crippen molar-refractivity contribution in [2.75, 3.05) is 49.1 Å². The quantitative estimate of drug-likeness (QED) is 0.457. The van der Waals surface area contributed by atoms with Gasteiger partial charge in [0, 0.05) is 44.8 Å². The molecule has 0 unspecified atom stereocenters. The Morgan fingerprint density at radius 3 is 2.26 bits per heavy atom. The highest BCUT2D eigenvalue weighted by Crippen LogP contribution is 2.33. The molecule has 0 spiro atoms. The SMILES string of the molecule is Cc1cc(C)c(C(=O)N2CCN(c3ccccc3S(N)(=O)=O)CC2)cc1C[C@@H]1CCN(c2ccccc2C#N)C[C@@H]1C. The number of nitriles is 1. The van der Waals surface area contributed by atoms with Gasteiger partial charge in [0.25, 0.3) is 5.91 Å². The molecule has 3 aromatic rings. The highest BCUT2D eigenvalue weighted by atomic mass is 32.2. The summed E-state index contributed by atoms with van der Waals surface area (Å²) < 4.78 is 24.2. The average molecular weight is 586 g/mol. The van der Waals surface area contributed by atoms with Gasteiger partial charge in [0.1, 0.15) is 11.0 Å². The molecule has 5 rings (SSSR count). The highest BCUT2D eigenvalue weighted by Gasteiger charge is 2.30. The van der Waals surface area contributed by atoms with E-state index in [0.717, 1.165) is 48.3 Å². The van der Waals surface area contributed by atoms with E-state index < -0.39 is 10.0 Å². The third-order valence-electron chi connectivity index (χ3n) is 8.92. The molecule has 2 atom stereocenters. The van der Waals surface area contributed by atoms with E-state index in [2.05, 4.69) is 36.9 Å². The van der Waals surface area contributed by atoms with E-state index in [1.165, 1.54) is 17.2 Å². The molecule has 42 heavy (non-hydrogen) atoms. The fraction of sp³-hybridized carbons (Fsp3) is 0.394. The van der Waals surface area contributed by atoms with Gasteiger partial charge in [-0.05, 0) is 85.5 Å². The van der Waals surface area contributed by atoms with Gasteiger partial charge in [0.2, 0.25) is 10.0 Å². The lowest BCUT2D eigenvalue weighted by atomic mass is 9.80. The number of anilines is 2. The zero-order valence-corrected chi connectivity index (χ0v) is 25.4. The molecule has 3 aromatic carbocycles. The van der Waals surface area contributed by atoms with Crippen molar-refractivity contribution in [3.05, 3.63) is 88.5 Å². The maximum Gasteiger partial charge on any atom is 0.254 e. The normalized spacial score (nSPS) is 19.5. The average Bonchev–Trinajstić information content (AvgIpc) is 2.98. The predicted molar refractivity (Wildman–Crippen MR) is 166 cm³/mol. The molecule has 220 valence electrons. The van der Waals surface area contributed by atoms with Crippen LogP contribution in [0.15, 0.2) is 65.6 Å². The number of carbonyl (C=O) groups is 1. The molecule has 9 heteroatoms. The number of aryl methyl sites for hydroxylation is 2. The third-order valence-corrected chi connectivity index (χ3v) is 9.88. The van der Waals surface area contributed by atoms with Crippen LogP contribution in [-0.2, 0) is 16.4 Å². The van der Waals surface area contributed by atoms with E-state index in [0.29, 0.717) is 43.7 Å². The van der Waals surface area contributed by atoms with E-state index >= 15 is 0 Å². The Bertz CT molecular complexity index is 1620. The maximum atomic E-state index is 13.7. The minimum absolute atomic E-state index is 0.0177. The molecule has 0 aromatic heterocycles. The van der Waals surface area contributed by atoms with E-state index in [-0.39, 0.29) is 10.8 Å². The molecule has 2 saturated heterocycles.